The summed E-state index contributed by atoms with van der Waals surface area (Å²) in [6.07, 6.45) is 10.0. The van der Waals surface area contributed by atoms with Gasteiger partial charge in [0.05, 0.1) is 0 Å². The van der Waals surface area contributed by atoms with E-state index in [0.717, 1.165) is 11.5 Å². The van der Waals surface area contributed by atoms with Gasteiger partial charge in [0.2, 0.25) is 0 Å². The normalized spacial score (nSPS) is 19.1. The molecule has 92 valence electrons. The Morgan fingerprint density at radius 1 is 1.17 bits per heavy atom. The molecule has 1 aromatic rings. The van der Waals surface area contributed by atoms with Gasteiger partial charge in [-0.1, -0.05) is 0 Å². The summed E-state index contributed by atoms with van der Waals surface area (Å²) < 4.78 is 2.20. The third-order valence-corrected chi connectivity index (χ3v) is 7.82. The summed E-state index contributed by atoms with van der Waals surface area (Å²) >= 11 is 5.78. The summed E-state index contributed by atoms with van der Waals surface area (Å²) in [6, 6.07) is 8.60. The van der Waals surface area contributed by atoms with Crippen LogP contribution in [0.2, 0.25) is 0 Å². The molecule has 1 atom stereocenters. The summed E-state index contributed by atoms with van der Waals surface area (Å²) in [7, 11) is 0. The molecule has 0 bridgehead atoms. The van der Waals surface area contributed by atoms with Crippen LogP contribution in [0.1, 0.15) is 21.2 Å². The summed E-state index contributed by atoms with van der Waals surface area (Å²) in [5.74, 6) is 0. The van der Waals surface area contributed by atoms with E-state index in [9.17, 15) is 0 Å². The maximum Gasteiger partial charge on any atom is -1.00 e. The third kappa shape index (κ3) is 3.20. The number of rotatable bonds is 2. The minimum absolute atomic E-state index is 0. The molecule has 0 saturated carbocycles. The fourth-order valence-corrected chi connectivity index (χ4v) is 6.27. The van der Waals surface area contributed by atoms with E-state index in [2.05, 4.69) is 48.6 Å². The zero-order valence-electron chi connectivity index (χ0n) is 9.54. The Morgan fingerprint density at radius 3 is 2.67 bits per heavy atom. The molecule has 18 heavy (non-hydrogen) atoms. The predicted octanol–water partition coefficient (Wildman–Crippen LogP) is -1.74. The number of benzene rings is 1. The van der Waals surface area contributed by atoms with Gasteiger partial charge in [0.1, 0.15) is 0 Å². The smallest absolute Gasteiger partial charge is 1.00 e. The van der Waals surface area contributed by atoms with Crippen LogP contribution in [-0.2, 0) is 23.2 Å². The minimum Gasteiger partial charge on any atom is -1.00 e. The van der Waals surface area contributed by atoms with E-state index in [4.69, 9.17) is 11.6 Å². The molecule has 0 N–H and O–H groups in total. The fraction of sp³-hybridized carbons (Fsp3) is 0.143. The van der Waals surface area contributed by atoms with Crippen molar-refractivity contribution in [3.63, 3.8) is 0 Å². The molecule has 0 saturated heterocycles. The van der Waals surface area contributed by atoms with Gasteiger partial charge in [-0.25, -0.2) is 0 Å². The standard InChI is InChI=1S/C9H6Cl.C5H5.2ClH.Zr/c10-9-5-7-3-1-2-4-8(7)6-9;1-2-4-5-3-1;;;/h1-6H;1-3H,4H2;2*1H;/q;;;;+2/p-2. The third-order valence-electron chi connectivity index (χ3n) is 2.98. The molecule has 0 fully saturated rings. The summed E-state index contributed by atoms with van der Waals surface area (Å²) in [5, 5.41) is 1.06. The van der Waals surface area contributed by atoms with Gasteiger partial charge < -0.3 is 24.8 Å². The van der Waals surface area contributed by atoms with Crippen LogP contribution in [0.5, 0.6) is 0 Å². The first-order valence-corrected chi connectivity index (χ1v) is 8.45. The first-order chi connectivity index (χ1) is 7.84. The molecular formula is C14H11Cl3Zr. The van der Waals surface area contributed by atoms with Crippen LogP contribution in [0.15, 0.2) is 50.8 Å². The van der Waals surface area contributed by atoms with Gasteiger partial charge in [-0.2, -0.15) is 0 Å². The Kier molecular flexibility index (Phi) is 6.41. The van der Waals surface area contributed by atoms with Crippen molar-refractivity contribution in [2.75, 3.05) is 0 Å². The Morgan fingerprint density at radius 2 is 1.94 bits per heavy atom. The number of fused-ring (bicyclic) bond motifs is 1. The number of halogens is 3. The van der Waals surface area contributed by atoms with Crippen molar-refractivity contribution in [2.45, 2.75) is 10.0 Å². The summed E-state index contributed by atoms with van der Waals surface area (Å²) in [6.45, 7) is 0. The average Bonchev–Trinajstić information content (AvgIpc) is 2.89. The second-order valence-corrected chi connectivity index (χ2v) is 8.20. The van der Waals surface area contributed by atoms with E-state index in [0.29, 0.717) is 3.63 Å². The van der Waals surface area contributed by atoms with Gasteiger partial charge in [-0.3, -0.25) is 0 Å². The first-order valence-electron chi connectivity index (χ1n) is 5.43. The molecule has 0 spiro atoms. The van der Waals surface area contributed by atoms with Crippen LogP contribution in [-0.4, -0.2) is 0 Å². The van der Waals surface area contributed by atoms with E-state index in [1.54, 1.807) is 3.28 Å². The van der Waals surface area contributed by atoms with E-state index in [1.807, 2.05) is 0 Å². The number of hydrogen-bond donors (Lipinski definition) is 0. The van der Waals surface area contributed by atoms with Crippen LogP contribution < -0.4 is 24.8 Å². The Balaban J connectivity index is 0.000000810. The Labute approximate surface area is 137 Å². The van der Waals surface area contributed by atoms with E-state index >= 15 is 0 Å². The first kappa shape index (κ1) is 16.2. The van der Waals surface area contributed by atoms with Crippen LogP contribution in [0.4, 0.5) is 0 Å². The second kappa shape index (κ2) is 7.10. The van der Waals surface area contributed by atoms with Gasteiger partial charge in [-0.05, 0) is 0 Å². The van der Waals surface area contributed by atoms with E-state index in [-0.39, 0.29) is 24.8 Å². The number of hydrogen-bond acceptors (Lipinski definition) is 0. The molecule has 2 aliphatic carbocycles. The molecule has 0 aliphatic heterocycles. The van der Waals surface area contributed by atoms with E-state index < -0.39 is 23.2 Å². The summed E-state index contributed by atoms with van der Waals surface area (Å²) in [4.78, 5) is 0. The summed E-state index contributed by atoms with van der Waals surface area (Å²) in [5.41, 5.74) is 2.77. The zero-order valence-corrected chi connectivity index (χ0v) is 14.3. The molecule has 0 nitrogen and oxygen atoms in total. The van der Waals surface area contributed by atoms with Crippen molar-refractivity contribution in [1.82, 2.24) is 0 Å². The van der Waals surface area contributed by atoms with Crippen molar-refractivity contribution in [3.05, 3.63) is 61.9 Å². The number of allylic oxidation sites excluding steroid dienone is 5. The predicted molar refractivity (Wildman–Crippen MR) is 64.9 cm³/mol. The quantitative estimate of drug-likeness (QED) is 0.575. The largest absolute Gasteiger partial charge is 1.00 e. The maximum atomic E-state index is 6.38. The van der Waals surface area contributed by atoms with Crippen molar-refractivity contribution in [3.8, 4) is 0 Å². The average molecular weight is 377 g/mol. The molecule has 0 amide bonds. The fourth-order valence-electron chi connectivity index (χ4n) is 2.17. The molecule has 1 aromatic carbocycles. The molecule has 1 unspecified atom stereocenters. The van der Waals surface area contributed by atoms with Gasteiger partial charge in [0.15, 0.2) is 0 Å². The van der Waals surface area contributed by atoms with Crippen molar-refractivity contribution in [2.24, 2.45) is 0 Å². The van der Waals surface area contributed by atoms with Crippen LogP contribution in [0.3, 0.4) is 0 Å². The van der Waals surface area contributed by atoms with Crippen molar-refractivity contribution in [1.29, 1.82) is 0 Å². The SMILES string of the molecule is ClC1=Cc2ccccc2[CH]1[Zr+2][C]1=CC=CC1.[Cl-].[Cl-]. The zero-order chi connectivity index (χ0) is 11.0. The van der Waals surface area contributed by atoms with Crippen LogP contribution in [0, 0.1) is 0 Å². The topological polar surface area (TPSA) is 0 Å². The minimum atomic E-state index is -0.596. The van der Waals surface area contributed by atoms with Crippen molar-refractivity contribution >= 4 is 17.7 Å². The van der Waals surface area contributed by atoms with Crippen LogP contribution >= 0.6 is 11.6 Å². The molecule has 3 rings (SSSR count). The molecule has 0 heterocycles. The molecule has 0 radical (unpaired) electrons. The maximum absolute atomic E-state index is 6.38. The van der Waals surface area contributed by atoms with Gasteiger partial charge in [0, 0.05) is 0 Å². The molecule has 0 aromatic heterocycles. The molecule has 2 aliphatic rings. The van der Waals surface area contributed by atoms with Crippen molar-refractivity contribution < 1.29 is 48.0 Å². The Bertz CT molecular complexity index is 518. The van der Waals surface area contributed by atoms with Gasteiger partial charge >= 0.3 is 113 Å². The van der Waals surface area contributed by atoms with E-state index in [1.165, 1.54) is 11.1 Å². The van der Waals surface area contributed by atoms with Crippen LogP contribution in [0.25, 0.3) is 6.08 Å². The second-order valence-electron chi connectivity index (χ2n) is 4.06. The Hall–Kier alpha value is 0.193. The molecular weight excluding hydrogens is 366 g/mol. The van der Waals surface area contributed by atoms with Gasteiger partial charge in [0.25, 0.3) is 0 Å². The molecule has 4 heteroatoms. The van der Waals surface area contributed by atoms with Gasteiger partial charge in [-0.15, -0.1) is 0 Å². The monoisotopic (exact) mass is 374 g/mol.